The number of nitrogens with one attached hydrogen (secondary N) is 1. The van der Waals surface area contributed by atoms with Crippen LogP contribution in [0.3, 0.4) is 0 Å². The second-order valence-electron chi connectivity index (χ2n) is 4.77. The molecule has 0 radical (unpaired) electrons. The number of benzene rings is 2. The van der Waals surface area contributed by atoms with Crippen LogP contribution in [-0.4, -0.2) is 19.1 Å². The third kappa shape index (κ3) is 3.05. The second-order valence-corrected chi connectivity index (χ2v) is 4.77. The van der Waals surface area contributed by atoms with Crippen LogP contribution in [0.15, 0.2) is 36.4 Å². The monoisotopic (exact) mass is 257 g/mol. The average Bonchev–Trinajstić information content (AvgIpc) is 2.38. The Balaban J connectivity index is 2.41. The smallest absolute Gasteiger partial charge is 0.217 e. The summed E-state index contributed by atoms with van der Waals surface area (Å²) in [5.41, 5.74) is 1.14. The maximum Gasteiger partial charge on any atom is 0.217 e. The van der Waals surface area contributed by atoms with Crippen molar-refractivity contribution in [2.24, 2.45) is 0 Å². The van der Waals surface area contributed by atoms with Gasteiger partial charge in [0.1, 0.15) is 5.75 Å². The van der Waals surface area contributed by atoms with Crippen LogP contribution in [-0.2, 0) is 11.2 Å². The van der Waals surface area contributed by atoms with Gasteiger partial charge in [0, 0.05) is 18.5 Å². The molecule has 2 rings (SSSR count). The minimum absolute atomic E-state index is 0.00768. The van der Waals surface area contributed by atoms with Gasteiger partial charge in [-0.25, -0.2) is 0 Å². The van der Waals surface area contributed by atoms with E-state index in [0.29, 0.717) is 0 Å². The lowest BCUT2D eigenvalue weighted by Crippen LogP contribution is -2.32. The van der Waals surface area contributed by atoms with Crippen molar-refractivity contribution in [2.45, 2.75) is 26.3 Å². The summed E-state index contributed by atoms with van der Waals surface area (Å²) in [6.45, 7) is 3.54. The van der Waals surface area contributed by atoms with Gasteiger partial charge in [-0.05, 0) is 30.2 Å². The van der Waals surface area contributed by atoms with Gasteiger partial charge in [-0.2, -0.15) is 0 Å². The number of hydrogen-bond donors (Lipinski definition) is 1. The van der Waals surface area contributed by atoms with Gasteiger partial charge in [0.05, 0.1) is 7.11 Å². The molecule has 0 unspecified atom stereocenters. The molecule has 0 saturated heterocycles. The van der Waals surface area contributed by atoms with Gasteiger partial charge in [0.25, 0.3) is 0 Å². The molecule has 19 heavy (non-hydrogen) atoms. The molecular weight excluding hydrogens is 238 g/mol. The molecule has 1 atom stereocenters. The third-order valence-corrected chi connectivity index (χ3v) is 3.18. The number of carbonyl (C=O) groups excluding carboxylic acids is 1. The van der Waals surface area contributed by atoms with E-state index in [-0.39, 0.29) is 11.9 Å². The Morgan fingerprint density at radius 2 is 2.00 bits per heavy atom. The molecule has 3 nitrogen and oxygen atoms in total. The van der Waals surface area contributed by atoms with Crippen molar-refractivity contribution in [3.05, 3.63) is 42.0 Å². The van der Waals surface area contributed by atoms with Crippen LogP contribution in [0.4, 0.5) is 0 Å². The number of amides is 1. The van der Waals surface area contributed by atoms with E-state index < -0.39 is 0 Å². The van der Waals surface area contributed by atoms with E-state index in [9.17, 15) is 4.79 Å². The molecule has 0 aliphatic rings. The van der Waals surface area contributed by atoms with Gasteiger partial charge in [-0.3, -0.25) is 4.79 Å². The molecule has 0 bridgehead atoms. The summed E-state index contributed by atoms with van der Waals surface area (Å²) < 4.78 is 5.45. The Morgan fingerprint density at radius 1 is 1.26 bits per heavy atom. The Morgan fingerprint density at radius 3 is 2.68 bits per heavy atom. The van der Waals surface area contributed by atoms with Crippen molar-refractivity contribution in [1.82, 2.24) is 5.32 Å². The van der Waals surface area contributed by atoms with Crippen molar-refractivity contribution in [3.8, 4) is 5.75 Å². The predicted molar refractivity (Wildman–Crippen MR) is 77.5 cm³/mol. The first-order chi connectivity index (χ1) is 9.11. The molecule has 0 aliphatic carbocycles. The zero-order valence-electron chi connectivity index (χ0n) is 11.6. The topological polar surface area (TPSA) is 38.3 Å². The van der Waals surface area contributed by atoms with E-state index in [1.807, 2.05) is 25.1 Å². The maximum absolute atomic E-state index is 11.1. The molecule has 0 aromatic heterocycles. The molecule has 0 aliphatic heterocycles. The van der Waals surface area contributed by atoms with E-state index in [1.165, 1.54) is 17.7 Å². The van der Waals surface area contributed by atoms with Crippen LogP contribution in [0, 0.1) is 0 Å². The Bertz CT molecular complexity index is 592. The van der Waals surface area contributed by atoms with Crippen LogP contribution >= 0.6 is 0 Å². The molecule has 0 saturated carbocycles. The molecule has 3 heteroatoms. The largest absolute Gasteiger partial charge is 0.496 e. The molecule has 2 aromatic carbocycles. The van der Waals surface area contributed by atoms with Gasteiger partial charge in [0.15, 0.2) is 0 Å². The minimum Gasteiger partial charge on any atom is -0.496 e. The quantitative estimate of drug-likeness (QED) is 0.914. The second kappa shape index (κ2) is 5.74. The highest BCUT2D eigenvalue weighted by atomic mass is 16.5. The first-order valence-electron chi connectivity index (χ1n) is 6.43. The van der Waals surface area contributed by atoms with Crippen molar-refractivity contribution >= 4 is 16.7 Å². The molecule has 1 amide bonds. The predicted octanol–water partition coefficient (Wildman–Crippen LogP) is 2.92. The van der Waals surface area contributed by atoms with Crippen LogP contribution in [0.25, 0.3) is 10.8 Å². The number of carbonyl (C=O) groups is 1. The zero-order chi connectivity index (χ0) is 13.8. The number of ether oxygens (including phenoxy) is 1. The third-order valence-electron chi connectivity index (χ3n) is 3.18. The fraction of sp³-hybridized carbons (Fsp3) is 0.312. The van der Waals surface area contributed by atoms with E-state index >= 15 is 0 Å². The highest BCUT2D eigenvalue weighted by Gasteiger charge is 2.12. The highest BCUT2D eigenvalue weighted by Crippen LogP contribution is 2.29. The molecule has 100 valence electrons. The van der Waals surface area contributed by atoms with E-state index in [4.69, 9.17) is 4.74 Å². The molecule has 2 aromatic rings. The van der Waals surface area contributed by atoms with Crippen molar-refractivity contribution in [2.75, 3.05) is 7.11 Å². The normalized spacial score (nSPS) is 12.2. The fourth-order valence-corrected chi connectivity index (χ4v) is 2.42. The molecular formula is C16H19NO2. The number of methoxy groups -OCH3 is 1. The Kier molecular flexibility index (Phi) is 4.05. The van der Waals surface area contributed by atoms with Crippen molar-refractivity contribution < 1.29 is 9.53 Å². The summed E-state index contributed by atoms with van der Waals surface area (Å²) in [7, 11) is 1.68. The number of fused-ring (bicyclic) bond motifs is 1. The molecule has 0 fully saturated rings. The maximum atomic E-state index is 11.1. The molecule has 0 spiro atoms. The SMILES string of the molecule is COc1ccc2ccccc2c1C[C@@H](C)NC(C)=O. The summed E-state index contributed by atoms with van der Waals surface area (Å²) in [6.07, 6.45) is 0.754. The lowest BCUT2D eigenvalue weighted by Gasteiger charge is -2.17. The Hall–Kier alpha value is -2.03. The van der Waals surface area contributed by atoms with Gasteiger partial charge >= 0.3 is 0 Å². The zero-order valence-corrected chi connectivity index (χ0v) is 11.6. The average molecular weight is 257 g/mol. The Labute approximate surface area is 113 Å². The van der Waals surface area contributed by atoms with Crippen molar-refractivity contribution in [1.29, 1.82) is 0 Å². The molecule has 1 N–H and O–H groups in total. The number of rotatable bonds is 4. The summed E-state index contributed by atoms with van der Waals surface area (Å²) in [5.74, 6) is 0.864. The summed E-state index contributed by atoms with van der Waals surface area (Å²) in [6, 6.07) is 12.3. The summed E-state index contributed by atoms with van der Waals surface area (Å²) >= 11 is 0. The number of hydrogen-bond acceptors (Lipinski definition) is 2. The highest BCUT2D eigenvalue weighted by molar-refractivity contribution is 5.88. The first-order valence-corrected chi connectivity index (χ1v) is 6.43. The summed E-state index contributed by atoms with van der Waals surface area (Å²) in [5, 5.41) is 5.28. The van der Waals surface area contributed by atoms with Crippen molar-refractivity contribution in [3.63, 3.8) is 0 Å². The minimum atomic E-state index is -0.00768. The van der Waals surface area contributed by atoms with Gasteiger partial charge in [0.2, 0.25) is 5.91 Å². The van der Waals surface area contributed by atoms with Crippen LogP contribution in [0.1, 0.15) is 19.4 Å². The fourth-order valence-electron chi connectivity index (χ4n) is 2.42. The molecule has 0 heterocycles. The first kappa shape index (κ1) is 13.4. The van der Waals surface area contributed by atoms with Gasteiger partial charge < -0.3 is 10.1 Å². The lowest BCUT2D eigenvalue weighted by molar-refractivity contribution is -0.119. The standard InChI is InChI=1S/C16H19NO2/c1-11(17-12(2)18)10-15-14-7-5-4-6-13(14)8-9-16(15)19-3/h4-9,11H,10H2,1-3H3,(H,17,18)/t11-/m1/s1. The van der Waals surface area contributed by atoms with E-state index in [2.05, 4.69) is 23.5 Å². The van der Waals surface area contributed by atoms with Crippen LogP contribution in [0.5, 0.6) is 5.75 Å². The van der Waals surface area contributed by atoms with Gasteiger partial charge in [-0.15, -0.1) is 0 Å². The summed E-state index contributed by atoms with van der Waals surface area (Å²) in [4.78, 5) is 11.1. The van der Waals surface area contributed by atoms with Gasteiger partial charge in [-0.1, -0.05) is 30.3 Å². The van der Waals surface area contributed by atoms with Crippen LogP contribution in [0.2, 0.25) is 0 Å². The van der Waals surface area contributed by atoms with E-state index in [0.717, 1.165) is 17.7 Å². The lowest BCUT2D eigenvalue weighted by atomic mass is 9.98. The van der Waals surface area contributed by atoms with Crippen LogP contribution < -0.4 is 10.1 Å². The van der Waals surface area contributed by atoms with E-state index in [1.54, 1.807) is 7.11 Å².